The van der Waals surface area contributed by atoms with Gasteiger partial charge in [-0.25, -0.2) is 4.79 Å². The zero-order valence-electron chi connectivity index (χ0n) is 8.92. The monoisotopic (exact) mass is 199 g/mol. The number of carbonyl (C=O) groups is 2. The molecular weight excluding hydrogens is 182 g/mol. The second-order valence-corrected chi connectivity index (χ2v) is 4.56. The van der Waals surface area contributed by atoms with Crippen molar-refractivity contribution in [3.63, 3.8) is 0 Å². The SMILES string of the molecule is CC(C)(C)OC(=O)C(=O)C1CCNC1. The minimum atomic E-state index is -0.703. The maximum absolute atomic E-state index is 11.5. The predicted molar refractivity (Wildman–Crippen MR) is 51.8 cm³/mol. The summed E-state index contributed by atoms with van der Waals surface area (Å²) in [6.07, 6.45) is 0.734. The fraction of sp³-hybridized carbons (Fsp3) is 0.800. The predicted octanol–water partition coefficient (Wildman–Crippen LogP) is 0.507. The smallest absolute Gasteiger partial charge is 0.375 e. The Balaban J connectivity index is 2.48. The molecule has 14 heavy (non-hydrogen) atoms. The molecule has 0 radical (unpaired) electrons. The van der Waals surface area contributed by atoms with Crippen LogP contribution in [0.4, 0.5) is 0 Å². The van der Waals surface area contributed by atoms with Gasteiger partial charge in [0.15, 0.2) is 0 Å². The molecule has 0 spiro atoms. The molecule has 0 aromatic heterocycles. The van der Waals surface area contributed by atoms with Gasteiger partial charge in [-0.05, 0) is 33.7 Å². The average Bonchev–Trinajstić information content (AvgIpc) is 2.51. The lowest BCUT2D eigenvalue weighted by molar-refractivity contribution is -0.163. The van der Waals surface area contributed by atoms with Crippen LogP contribution in [0.25, 0.3) is 0 Å². The van der Waals surface area contributed by atoms with Gasteiger partial charge in [0.1, 0.15) is 5.60 Å². The number of carbonyl (C=O) groups excluding carboxylic acids is 2. The summed E-state index contributed by atoms with van der Waals surface area (Å²) in [5.41, 5.74) is -0.585. The molecule has 1 unspecified atom stereocenters. The number of nitrogens with one attached hydrogen (secondary N) is 1. The van der Waals surface area contributed by atoms with E-state index < -0.39 is 17.4 Å². The van der Waals surface area contributed by atoms with E-state index in [4.69, 9.17) is 4.74 Å². The fourth-order valence-electron chi connectivity index (χ4n) is 1.37. The van der Waals surface area contributed by atoms with E-state index in [1.54, 1.807) is 20.8 Å². The Morgan fingerprint density at radius 3 is 2.43 bits per heavy atom. The molecule has 1 aliphatic rings. The molecule has 0 aliphatic carbocycles. The summed E-state index contributed by atoms with van der Waals surface area (Å²) in [5.74, 6) is -1.29. The number of esters is 1. The van der Waals surface area contributed by atoms with Crippen molar-refractivity contribution in [2.24, 2.45) is 5.92 Å². The van der Waals surface area contributed by atoms with E-state index in [2.05, 4.69) is 5.32 Å². The molecular formula is C10H17NO3. The quantitative estimate of drug-likeness (QED) is 0.520. The molecule has 1 fully saturated rings. The summed E-state index contributed by atoms with van der Waals surface area (Å²) in [5, 5.41) is 3.04. The third-order valence-corrected chi connectivity index (χ3v) is 2.03. The van der Waals surface area contributed by atoms with Crippen LogP contribution in [0.2, 0.25) is 0 Å². The first-order chi connectivity index (χ1) is 6.40. The summed E-state index contributed by atoms with van der Waals surface area (Å²) >= 11 is 0. The Kier molecular flexibility index (Phi) is 3.26. The van der Waals surface area contributed by atoms with E-state index in [-0.39, 0.29) is 5.92 Å². The van der Waals surface area contributed by atoms with Gasteiger partial charge in [-0.3, -0.25) is 4.79 Å². The first-order valence-corrected chi connectivity index (χ1v) is 4.88. The number of Topliss-reactive ketones (excluding diaryl/α,β-unsaturated/α-hetero) is 1. The third-order valence-electron chi connectivity index (χ3n) is 2.03. The van der Waals surface area contributed by atoms with Crippen LogP contribution in [0.5, 0.6) is 0 Å². The Bertz CT molecular complexity index is 236. The zero-order valence-corrected chi connectivity index (χ0v) is 8.92. The maximum Gasteiger partial charge on any atom is 0.375 e. The zero-order chi connectivity index (χ0) is 10.8. The molecule has 1 N–H and O–H groups in total. The van der Waals surface area contributed by atoms with E-state index in [0.29, 0.717) is 6.54 Å². The van der Waals surface area contributed by atoms with Crippen molar-refractivity contribution in [1.82, 2.24) is 5.32 Å². The standard InChI is InChI=1S/C10H17NO3/c1-10(2,3)14-9(13)8(12)7-4-5-11-6-7/h7,11H,4-6H2,1-3H3. The highest BCUT2D eigenvalue weighted by Gasteiger charge is 2.31. The molecule has 1 heterocycles. The molecule has 80 valence electrons. The highest BCUT2D eigenvalue weighted by Crippen LogP contribution is 2.13. The summed E-state index contributed by atoms with van der Waals surface area (Å²) in [7, 11) is 0. The van der Waals surface area contributed by atoms with Gasteiger partial charge in [0, 0.05) is 12.5 Å². The van der Waals surface area contributed by atoms with Crippen LogP contribution in [-0.2, 0) is 14.3 Å². The van der Waals surface area contributed by atoms with Crippen molar-refractivity contribution in [1.29, 1.82) is 0 Å². The second-order valence-electron chi connectivity index (χ2n) is 4.56. The molecule has 0 aromatic rings. The van der Waals surface area contributed by atoms with Crippen LogP contribution in [0.15, 0.2) is 0 Å². The molecule has 0 aromatic carbocycles. The van der Waals surface area contributed by atoms with Crippen molar-refractivity contribution in [2.45, 2.75) is 32.8 Å². The Morgan fingerprint density at radius 1 is 1.36 bits per heavy atom. The molecule has 1 saturated heterocycles. The molecule has 1 rings (SSSR count). The largest absolute Gasteiger partial charge is 0.454 e. The molecule has 0 saturated carbocycles. The van der Waals surface area contributed by atoms with Crippen LogP contribution in [0.3, 0.4) is 0 Å². The van der Waals surface area contributed by atoms with Crippen molar-refractivity contribution in [3.05, 3.63) is 0 Å². The van der Waals surface area contributed by atoms with Gasteiger partial charge in [0.2, 0.25) is 5.78 Å². The number of rotatable bonds is 2. The van der Waals surface area contributed by atoms with Crippen molar-refractivity contribution in [3.8, 4) is 0 Å². The van der Waals surface area contributed by atoms with Crippen molar-refractivity contribution >= 4 is 11.8 Å². The number of hydrogen-bond acceptors (Lipinski definition) is 4. The lowest BCUT2D eigenvalue weighted by atomic mass is 10.0. The molecule has 4 nitrogen and oxygen atoms in total. The van der Waals surface area contributed by atoms with Crippen LogP contribution in [0, 0.1) is 5.92 Å². The molecule has 0 bridgehead atoms. The lowest BCUT2D eigenvalue weighted by Crippen LogP contribution is -2.33. The average molecular weight is 199 g/mol. The van der Waals surface area contributed by atoms with Crippen LogP contribution < -0.4 is 5.32 Å². The first kappa shape index (κ1) is 11.2. The third kappa shape index (κ3) is 3.10. The van der Waals surface area contributed by atoms with E-state index in [0.717, 1.165) is 13.0 Å². The van der Waals surface area contributed by atoms with Crippen LogP contribution >= 0.6 is 0 Å². The van der Waals surface area contributed by atoms with Crippen molar-refractivity contribution in [2.75, 3.05) is 13.1 Å². The van der Waals surface area contributed by atoms with Crippen molar-refractivity contribution < 1.29 is 14.3 Å². The van der Waals surface area contributed by atoms with Gasteiger partial charge in [-0.2, -0.15) is 0 Å². The molecule has 4 heteroatoms. The lowest BCUT2D eigenvalue weighted by Gasteiger charge is -2.19. The van der Waals surface area contributed by atoms with Gasteiger partial charge < -0.3 is 10.1 Å². The normalized spacial score (nSPS) is 22.1. The van der Waals surface area contributed by atoms with E-state index in [1.807, 2.05) is 0 Å². The van der Waals surface area contributed by atoms with Crippen LogP contribution in [-0.4, -0.2) is 30.4 Å². The Morgan fingerprint density at radius 2 is 2.00 bits per heavy atom. The number of ketones is 1. The Hall–Kier alpha value is -0.900. The topological polar surface area (TPSA) is 55.4 Å². The van der Waals surface area contributed by atoms with Gasteiger partial charge >= 0.3 is 5.97 Å². The minimum Gasteiger partial charge on any atom is -0.454 e. The first-order valence-electron chi connectivity index (χ1n) is 4.88. The van der Waals surface area contributed by atoms with Crippen LogP contribution in [0.1, 0.15) is 27.2 Å². The number of hydrogen-bond donors (Lipinski definition) is 1. The molecule has 1 aliphatic heterocycles. The van der Waals surface area contributed by atoms with E-state index >= 15 is 0 Å². The minimum absolute atomic E-state index is 0.190. The molecule has 0 amide bonds. The number of ether oxygens (including phenoxy) is 1. The summed E-state index contributed by atoms with van der Waals surface area (Å²) in [4.78, 5) is 22.9. The summed E-state index contributed by atoms with van der Waals surface area (Å²) < 4.78 is 5.00. The Labute approximate surface area is 84.0 Å². The van der Waals surface area contributed by atoms with Gasteiger partial charge in [-0.15, -0.1) is 0 Å². The summed E-state index contributed by atoms with van der Waals surface area (Å²) in [6.45, 7) is 6.67. The fourth-order valence-corrected chi connectivity index (χ4v) is 1.37. The maximum atomic E-state index is 11.5. The van der Waals surface area contributed by atoms with Gasteiger partial charge in [0.05, 0.1) is 0 Å². The van der Waals surface area contributed by atoms with E-state index in [9.17, 15) is 9.59 Å². The van der Waals surface area contributed by atoms with Gasteiger partial charge in [-0.1, -0.05) is 0 Å². The highest BCUT2D eigenvalue weighted by molar-refractivity contribution is 6.34. The second kappa shape index (κ2) is 4.09. The van der Waals surface area contributed by atoms with E-state index in [1.165, 1.54) is 0 Å². The van der Waals surface area contributed by atoms with Gasteiger partial charge in [0.25, 0.3) is 0 Å². The highest BCUT2D eigenvalue weighted by atomic mass is 16.6. The summed E-state index contributed by atoms with van der Waals surface area (Å²) in [6, 6.07) is 0. The molecule has 1 atom stereocenters.